The first-order valence-electron chi connectivity index (χ1n) is 11.1. The van der Waals surface area contributed by atoms with Crippen LogP contribution in [0.5, 0.6) is 0 Å². The molecule has 2 aliphatic carbocycles. The summed E-state index contributed by atoms with van der Waals surface area (Å²) in [6, 6.07) is 4.45. The van der Waals surface area contributed by atoms with Crippen molar-refractivity contribution in [1.29, 1.82) is 0 Å². The quantitative estimate of drug-likeness (QED) is 0.513. The molecule has 36 heavy (non-hydrogen) atoms. The molecule has 0 spiro atoms. The van der Waals surface area contributed by atoms with E-state index in [2.05, 4.69) is 10.0 Å². The van der Waals surface area contributed by atoms with Gasteiger partial charge in [0.2, 0.25) is 10.0 Å². The number of sulfone groups is 1. The van der Waals surface area contributed by atoms with Crippen LogP contribution in [0.3, 0.4) is 0 Å². The second-order valence-corrected chi connectivity index (χ2v) is 13.9. The van der Waals surface area contributed by atoms with E-state index in [-0.39, 0.29) is 57.8 Å². The summed E-state index contributed by atoms with van der Waals surface area (Å²) in [7, 11) is -7.48. The highest BCUT2D eigenvalue weighted by Crippen LogP contribution is 2.49. The van der Waals surface area contributed by atoms with Crippen molar-refractivity contribution in [2.75, 3.05) is 11.6 Å². The number of halogens is 4. The van der Waals surface area contributed by atoms with Gasteiger partial charge in [-0.1, -0.05) is 18.5 Å². The fourth-order valence-electron chi connectivity index (χ4n) is 5.42. The zero-order valence-electron chi connectivity index (χ0n) is 19.3. The van der Waals surface area contributed by atoms with Crippen molar-refractivity contribution in [2.45, 2.75) is 42.4 Å². The third kappa shape index (κ3) is 5.27. The minimum atomic E-state index is -4.02. The number of fused-ring (bicyclic) bond motifs is 2. The molecule has 2 fully saturated rings. The third-order valence-corrected chi connectivity index (χ3v) is 10.4. The molecule has 0 aromatic heterocycles. The van der Waals surface area contributed by atoms with E-state index in [0.717, 1.165) is 12.3 Å². The van der Waals surface area contributed by atoms with Crippen LogP contribution in [-0.4, -0.2) is 40.3 Å². The van der Waals surface area contributed by atoms with Gasteiger partial charge < -0.3 is 5.32 Å². The van der Waals surface area contributed by atoms with Crippen LogP contribution in [0.25, 0.3) is 0 Å². The molecular formula is C23H24ClF3N2O5S2. The topological polar surface area (TPSA) is 109 Å². The Balaban J connectivity index is 1.59. The van der Waals surface area contributed by atoms with Gasteiger partial charge in [0.05, 0.1) is 21.4 Å². The number of hydrogen-bond donors (Lipinski definition) is 2. The minimum Gasteiger partial charge on any atom is -0.322 e. The fraction of sp³-hybridized carbons (Fsp3) is 0.435. The highest BCUT2D eigenvalue weighted by atomic mass is 35.5. The van der Waals surface area contributed by atoms with Crippen LogP contribution in [0, 0.1) is 35.2 Å². The number of nitrogens with one attached hydrogen (secondary N) is 2. The Bertz CT molecular complexity index is 1410. The lowest BCUT2D eigenvalue weighted by Crippen LogP contribution is -2.47. The average Bonchev–Trinajstić information content (AvgIpc) is 2.93. The van der Waals surface area contributed by atoms with Crippen LogP contribution in [-0.2, 0) is 19.9 Å². The average molecular weight is 565 g/mol. The van der Waals surface area contributed by atoms with E-state index in [1.54, 1.807) is 0 Å². The number of anilines is 1. The Morgan fingerprint density at radius 2 is 1.64 bits per heavy atom. The van der Waals surface area contributed by atoms with E-state index in [4.69, 9.17) is 11.6 Å². The molecule has 1 amide bonds. The van der Waals surface area contributed by atoms with Gasteiger partial charge in [0, 0.05) is 29.4 Å². The molecule has 4 rings (SSSR count). The lowest BCUT2D eigenvalue weighted by Gasteiger charge is -2.35. The zero-order valence-corrected chi connectivity index (χ0v) is 21.7. The molecule has 7 nitrogen and oxygen atoms in total. The summed E-state index contributed by atoms with van der Waals surface area (Å²) >= 11 is 6.21. The van der Waals surface area contributed by atoms with Crippen LogP contribution in [0.4, 0.5) is 18.9 Å². The number of carbonyl (C=O) groups excluding carboxylic acids is 1. The number of amides is 1. The lowest BCUT2D eigenvalue weighted by atomic mass is 9.83. The summed E-state index contributed by atoms with van der Waals surface area (Å²) in [6.07, 6.45) is 2.22. The summed E-state index contributed by atoms with van der Waals surface area (Å²) < 4.78 is 93.6. The Hall–Kier alpha value is -2.15. The minimum absolute atomic E-state index is 0.0952. The molecule has 196 valence electrons. The molecule has 2 aliphatic rings. The van der Waals surface area contributed by atoms with E-state index >= 15 is 0 Å². The van der Waals surface area contributed by atoms with E-state index in [0.29, 0.717) is 18.6 Å². The molecular weight excluding hydrogens is 541 g/mol. The van der Waals surface area contributed by atoms with Gasteiger partial charge in [0.25, 0.3) is 5.91 Å². The van der Waals surface area contributed by atoms with Gasteiger partial charge in [0.1, 0.15) is 0 Å². The SMILES string of the molecule is C[C@H]1CC2CC(S(=O)(=O)c3cc(C(=O)Nc4cc(F)c(F)c(F)c4)ccc3Cl)CC1[C@@H]2NS(C)(=O)=O. The zero-order chi connectivity index (χ0) is 26.6. The molecule has 0 heterocycles. The van der Waals surface area contributed by atoms with Crippen molar-refractivity contribution in [1.82, 2.24) is 4.72 Å². The second-order valence-electron chi connectivity index (χ2n) is 9.54. The molecule has 2 aromatic carbocycles. The van der Waals surface area contributed by atoms with Crippen LogP contribution in [0.15, 0.2) is 35.2 Å². The molecule has 0 aliphatic heterocycles. The fourth-order valence-corrected chi connectivity index (χ4v) is 8.69. The smallest absolute Gasteiger partial charge is 0.255 e. The first-order chi connectivity index (χ1) is 16.7. The van der Waals surface area contributed by atoms with Crippen LogP contribution in [0.2, 0.25) is 5.02 Å². The maximum absolute atomic E-state index is 13.6. The first-order valence-corrected chi connectivity index (χ1v) is 15.0. The molecule has 0 saturated heterocycles. The summed E-state index contributed by atoms with van der Waals surface area (Å²) in [6.45, 7) is 1.97. The highest BCUT2D eigenvalue weighted by molar-refractivity contribution is 7.92. The van der Waals surface area contributed by atoms with E-state index in [1.807, 2.05) is 6.92 Å². The van der Waals surface area contributed by atoms with Gasteiger partial charge in [-0.15, -0.1) is 0 Å². The molecule has 3 unspecified atom stereocenters. The number of hydrogen-bond acceptors (Lipinski definition) is 5. The van der Waals surface area contributed by atoms with Gasteiger partial charge in [-0.25, -0.2) is 34.7 Å². The largest absolute Gasteiger partial charge is 0.322 e. The summed E-state index contributed by atoms with van der Waals surface area (Å²) in [4.78, 5) is 12.4. The van der Waals surface area contributed by atoms with Gasteiger partial charge in [-0.3, -0.25) is 4.79 Å². The van der Waals surface area contributed by atoms with Crippen molar-refractivity contribution in [3.8, 4) is 0 Å². The summed E-state index contributed by atoms with van der Waals surface area (Å²) in [5.74, 6) is -5.75. The number of carbonyl (C=O) groups is 1. The van der Waals surface area contributed by atoms with Gasteiger partial charge >= 0.3 is 0 Å². The van der Waals surface area contributed by atoms with Gasteiger partial charge in [-0.05, 0) is 55.2 Å². The number of rotatable bonds is 6. The van der Waals surface area contributed by atoms with Crippen molar-refractivity contribution in [2.24, 2.45) is 17.8 Å². The van der Waals surface area contributed by atoms with E-state index in [1.165, 1.54) is 12.1 Å². The standard InChI is InChI=1S/C23H24ClF3N2O5S2/c1-11-5-13-6-15(10-16(11)22(13)29-35(2,31)32)36(33,34)20-7-12(3-4-17(20)24)23(30)28-14-8-18(25)21(27)19(26)9-14/h3-4,7-9,11,13,15-16,22,29H,5-6,10H2,1-2H3,(H,28,30)/t11-,13?,15?,16?,22+/m0/s1. The van der Waals surface area contributed by atoms with Crippen LogP contribution in [0.1, 0.15) is 36.5 Å². The molecule has 2 bridgehead atoms. The molecule has 13 heteroatoms. The highest BCUT2D eigenvalue weighted by Gasteiger charge is 2.51. The normalized spacial score (nSPS) is 26.1. The Kier molecular flexibility index (Phi) is 7.19. The monoisotopic (exact) mass is 564 g/mol. The van der Waals surface area contributed by atoms with E-state index < -0.39 is 48.5 Å². The van der Waals surface area contributed by atoms with Crippen LogP contribution < -0.4 is 10.0 Å². The number of benzene rings is 2. The predicted molar refractivity (Wildman–Crippen MR) is 128 cm³/mol. The van der Waals surface area contributed by atoms with Crippen molar-refractivity contribution in [3.05, 3.63) is 58.4 Å². The van der Waals surface area contributed by atoms with Crippen LogP contribution >= 0.6 is 11.6 Å². The molecule has 2 saturated carbocycles. The summed E-state index contributed by atoms with van der Waals surface area (Å²) in [5, 5.41) is 1.29. The van der Waals surface area contributed by atoms with Crippen molar-refractivity contribution in [3.63, 3.8) is 0 Å². The molecule has 5 atom stereocenters. The molecule has 2 N–H and O–H groups in total. The third-order valence-electron chi connectivity index (χ3n) is 7.01. The Morgan fingerprint density at radius 3 is 2.22 bits per heavy atom. The van der Waals surface area contributed by atoms with Crippen molar-refractivity contribution >= 4 is 43.1 Å². The maximum Gasteiger partial charge on any atom is 0.255 e. The van der Waals surface area contributed by atoms with Crippen molar-refractivity contribution < 1.29 is 34.8 Å². The second kappa shape index (κ2) is 9.62. The Morgan fingerprint density at radius 1 is 1.00 bits per heavy atom. The summed E-state index contributed by atoms with van der Waals surface area (Å²) in [5.41, 5.74) is -0.482. The number of sulfonamides is 1. The Labute approximate surface area is 212 Å². The molecule has 2 aromatic rings. The van der Waals surface area contributed by atoms with E-state index in [9.17, 15) is 34.8 Å². The molecule has 0 radical (unpaired) electrons. The predicted octanol–water partition coefficient (Wildman–Crippen LogP) is 4.14. The lowest BCUT2D eigenvalue weighted by molar-refractivity contribution is 0.102. The maximum atomic E-state index is 13.6. The first kappa shape index (κ1) is 26.9. The van der Waals surface area contributed by atoms with Gasteiger partial charge in [0.15, 0.2) is 27.3 Å². The van der Waals surface area contributed by atoms with Gasteiger partial charge in [-0.2, -0.15) is 0 Å².